The highest BCUT2D eigenvalue weighted by molar-refractivity contribution is 7.13. The summed E-state index contributed by atoms with van der Waals surface area (Å²) < 4.78 is 0. The maximum absolute atomic E-state index is 12.2. The first kappa shape index (κ1) is 17.4. The molecule has 1 aromatic heterocycles. The second kappa shape index (κ2) is 7.53. The van der Waals surface area contributed by atoms with Crippen molar-refractivity contribution < 1.29 is 4.79 Å². The summed E-state index contributed by atoms with van der Waals surface area (Å²) in [7, 11) is 0. The molecule has 5 nitrogen and oxygen atoms in total. The Labute approximate surface area is 137 Å². The number of rotatable bonds is 6. The molecule has 1 aromatic rings. The molecule has 1 aliphatic rings. The minimum Gasteiger partial charge on any atom is -0.318 e. The van der Waals surface area contributed by atoms with Crippen LogP contribution < -0.4 is 11.1 Å². The smallest absolute Gasteiger partial charge is 0.245 e. The van der Waals surface area contributed by atoms with Crippen molar-refractivity contribution in [2.45, 2.75) is 58.5 Å². The molecule has 1 fully saturated rings. The van der Waals surface area contributed by atoms with Crippen LogP contribution in [0.5, 0.6) is 0 Å². The van der Waals surface area contributed by atoms with Gasteiger partial charge in [-0.2, -0.15) is 0 Å². The first-order chi connectivity index (χ1) is 10.4. The largest absolute Gasteiger partial charge is 0.318 e. The van der Waals surface area contributed by atoms with Crippen molar-refractivity contribution in [1.29, 1.82) is 0 Å². The fourth-order valence-corrected chi connectivity index (χ4v) is 3.46. The van der Waals surface area contributed by atoms with Gasteiger partial charge in [-0.05, 0) is 45.2 Å². The number of carbonyl (C=O) groups is 1. The van der Waals surface area contributed by atoms with Gasteiger partial charge in [-0.3, -0.25) is 9.69 Å². The van der Waals surface area contributed by atoms with Crippen LogP contribution in [0.3, 0.4) is 0 Å². The highest BCUT2D eigenvalue weighted by Crippen LogP contribution is 2.22. The zero-order valence-electron chi connectivity index (χ0n) is 13.9. The van der Waals surface area contributed by atoms with Crippen molar-refractivity contribution in [3.8, 4) is 0 Å². The summed E-state index contributed by atoms with van der Waals surface area (Å²) in [4.78, 5) is 19.1. The number of likely N-dealkylation sites (tertiary alicyclic amines) is 1. The summed E-state index contributed by atoms with van der Waals surface area (Å²) >= 11 is 1.48. The van der Waals surface area contributed by atoms with E-state index in [1.54, 1.807) is 6.92 Å². The molecule has 0 spiro atoms. The topological polar surface area (TPSA) is 71.2 Å². The number of piperidine rings is 1. The third kappa shape index (κ3) is 4.76. The van der Waals surface area contributed by atoms with Crippen LogP contribution in [-0.4, -0.2) is 34.4 Å². The molecular formula is C16H28N4OS. The molecule has 1 amide bonds. The Morgan fingerprint density at radius 1 is 1.55 bits per heavy atom. The van der Waals surface area contributed by atoms with E-state index >= 15 is 0 Å². The third-order valence-electron chi connectivity index (χ3n) is 4.32. The van der Waals surface area contributed by atoms with Gasteiger partial charge in [0.1, 0.15) is 0 Å². The molecule has 3 N–H and O–H groups in total. The van der Waals surface area contributed by atoms with E-state index in [4.69, 9.17) is 5.73 Å². The average Bonchev–Trinajstić information content (AvgIpc) is 2.88. The number of aromatic nitrogens is 1. The summed E-state index contributed by atoms with van der Waals surface area (Å²) in [6.45, 7) is 9.26. The third-order valence-corrected chi connectivity index (χ3v) is 5.13. The lowest BCUT2D eigenvalue weighted by Gasteiger charge is -2.29. The van der Waals surface area contributed by atoms with E-state index in [1.165, 1.54) is 24.2 Å². The SMILES string of the molecule is CCCC(C)(N)C(=O)Nc1nc(CN2CCC(C)CC2)cs1. The normalized spacial score (nSPS) is 19.8. The van der Waals surface area contributed by atoms with Gasteiger partial charge in [0.05, 0.1) is 11.2 Å². The molecule has 1 saturated heterocycles. The minimum atomic E-state index is -0.830. The van der Waals surface area contributed by atoms with Gasteiger partial charge in [-0.1, -0.05) is 20.3 Å². The van der Waals surface area contributed by atoms with Crippen LogP contribution in [0.2, 0.25) is 0 Å². The molecule has 22 heavy (non-hydrogen) atoms. The summed E-state index contributed by atoms with van der Waals surface area (Å²) in [5, 5.41) is 5.54. The van der Waals surface area contributed by atoms with E-state index in [1.807, 2.05) is 12.3 Å². The Hall–Kier alpha value is -0.980. The fourth-order valence-electron chi connectivity index (χ4n) is 2.76. The van der Waals surface area contributed by atoms with Crippen LogP contribution in [0.15, 0.2) is 5.38 Å². The Kier molecular flexibility index (Phi) is 5.94. The van der Waals surface area contributed by atoms with Gasteiger partial charge >= 0.3 is 0 Å². The molecule has 0 saturated carbocycles. The van der Waals surface area contributed by atoms with Crippen molar-refractivity contribution in [3.63, 3.8) is 0 Å². The molecule has 1 aliphatic heterocycles. The molecule has 124 valence electrons. The van der Waals surface area contributed by atoms with Crippen LogP contribution in [-0.2, 0) is 11.3 Å². The standard InChI is InChI=1S/C16H28N4OS/c1-4-7-16(3,17)14(21)19-15-18-13(11-22-15)10-20-8-5-12(2)6-9-20/h11-12H,4-10,17H2,1-3H3,(H,18,19,21). The van der Waals surface area contributed by atoms with Crippen molar-refractivity contribution >= 4 is 22.4 Å². The first-order valence-electron chi connectivity index (χ1n) is 8.18. The van der Waals surface area contributed by atoms with Crippen LogP contribution >= 0.6 is 11.3 Å². The van der Waals surface area contributed by atoms with Crippen molar-refractivity contribution in [1.82, 2.24) is 9.88 Å². The van der Waals surface area contributed by atoms with Gasteiger partial charge in [-0.25, -0.2) is 4.98 Å². The molecule has 0 radical (unpaired) electrons. The van der Waals surface area contributed by atoms with Crippen molar-refractivity contribution in [2.75, 3.05) is 18.4 Å². The molecule has 1 unspecified atom stereocenters. The zero-order valence-corrected chi connectivity index (χ0v) is 14.7. The lowest BCUT2D eigenvalue weighted by atomic mass is 9.97. The molecule has 1 atom stereocenters. The first-order valence-corrected chi connectivity index (χ1v) is 9.05. The second-order valence-electron chi connectivity index (χ2n) is 6.72. The number of amides is 1. The van der Waals surface area contributed by atoms with Crippen LogP contribution in [0.4, 0.5) is 5.13 Å². The van der Waals surface area contributed by atoms with Gasteiger partial charge in [-0.15, -0.1) is 11.3 Å². The van der Waals surface area contributed by atoms with Gasteiger partial charge < -0.3 is 11.1 Å². The summed E-state index contributed by atoms with van der Waals surface area (Å²) in [5.41, 5.74) is 6.25. The van der Waals surface area contributed by atoms with Gasteiger partial charge in [0.25, 0.3) is 0 Å². The minimum absolute atomic E-state index is 0.151. The number of nitrogens with two attached hydrogens (primary N) is 1. The molecule has 0 aliphatic carbocycles. The summed E-state index contributed by atoms with van der Waals surface area (Å²) in [6, 6.07) is 0. The quantitative estimate of drug-likeness (QED) is 0.844. The fraction of sp³-hybridized carbons (Fsp3) is 0.750. The Morgan fingerprint density at radius 2 is 2.23 bits per heavy atom. The Balaban J connectivity index is 1.87. The van der Waals surface area contributed by atoms with Gasteiger partial charge in [0.2, 0.25) is 5.91 Å². The number of anilines is 1. The average molecular weight is 324 g/mol. The van der Waals surface area contributed by atoms with Crippen LogP contribution in [0, 0.1) is 5.92 Å². The van der Waals surface area contributed by atoms with Gasteiger partial charge in [0, 0.05) is 11.9 Å². The summed E-state index contributed by atoms with van der Waals surface area (Å²) in [6.07, 6.45) is 4.08. The Morgan fingerprint density at radius 3 is 2.86 bits per heavy atom. The van der Waals surface area contributed by atoms with E-state index in [9.17, 15) is 4.79 Å². The lowest BCUT2D eigenvalue weighted by Crippen LogP contribution is -2.48. The number of hydrogen-bond acceptors (Lipinski definition) is 5. The lowest BCUT2D eigenvalue weighted by molar-refractivity contribution is -0.120. The molecule has 2 heterocycles. The van der Waals surface area contributed by atoms with E-state index in [-0.39, 0.29) is 5.91 Å². The number of nitrogens with zero attached hydrogens (tertiary/aromatic N) is 2. The van der Waals surface area contributed by atoms with Crippen LogP contribution in [0.25, 0.3) is 0 Å². The Bertz CT molecular complexity index is 492. The monoisotopic (exact) mass is 324 g/mol. The zero-order chi connectivity index (χ0) is 16.2. The maximum Gasteiger partial charge on any atom is 0.245 e. The van der Waals surface area contributed by atoms with Crippen LogP contribution in [0.1, 0.15) is 52.1 Å². The maximum atomic E-state index is 12.2. The molecule has 0 bridgehead atoms. The second-order valence-corrected chi connectivity index (χ2v) is 7.58. The van der Waals surface area contributed by atoms with Crippen molar-refractivity contribution in [2.24, 2.45) is 11.7 Å². The van der Waals surface area contributed by atoms with E-state index in [0.29, 0.717) is 11.6 Å². The predicted molar refractivity (Wildman–Crippen MR) is 91.9 cm³/mol. The molecule has 0 aromatic carbocycles. The van der Waals surface area contributed by atoms with E-state index < -0.39 is 5.54 Å². The van der Waals surface area contributed by atoms with Crippen molar-refractivity contribution in [3.05, 3.63) is 11.1 Å². The number of hydrogen-bond donors (Lipinski definition) is 2. The summed E-state index contributed by atoms with van der Waals surface area (Å²) in [5.74, 6) is 0.685. The highest BCUT2D eigenvalue weighted by atomic mass is 32.1. The molecular weight excluding hydrogens is 296 g/mol. The van der Waals surface area contributed by atoms with E-state index in [2.05, 4.69) is 22.1 Å². The van der Waals surface area contributed by atoms with E-state index in [0.717, 1.165) is 37.7 Å². The number of thiazole rings is 1. The number of carbonyl (C=O) groups excluding carboxylic acids is 1. The highest BCUT2D eigenvalue weighted by Gasteiger charge is 2.28. The molecule has 6 heteroatoms. The molecule has 2 rings (SSSR count). The predicted octanol–water partition coefficient (Wildman–Crippen LogP) is 2.83. The van der Waals surface area contributed by atoms with Gasteiger partial charge in [0.15, 0.2) is 5.13 Å². The number of nitrogens with one attached hydrogen (secondary N) is 1.